The van der Waals surface area contributed by atoms with Gasteiger partial charge in [0.25, 0.3) is 11.3 Å². The number of hydrogen-bond donors (Lipinski definition) is 1. The molecule has 8 nitrogen and oxygen atoms in total. The highest BCUT2D eigenvalue weighted by molar-refractivity contribution is 8.00. The molecule has 0 spiro atoms. The third-order valence-electron chi connectivity index (χ3n) is 3.47. The number of carbonyl (C=O) groups is 1. The van der Waals surface area contributed by atoms with Crippen LogP contribution in [0, 0.1) is 0 Å². The Balaban J connectivity index is 1.58. The van der Waals surface area contributed by atoms with Crippen molar-refractivity contribution in [3.05, 3.63) is 52.2 Å². The first-order valence-corrected chi connectivity index (χ1v) is 9.58. The van der Waals surface area contributed by atoms with E-state index in [-0.39, 0.29) is 23.8 Å². The number of carbonyl (C=O) groups excluding carboxylic acids is 1. The molecule has 0 fully saturated rings. The lowest BCUT2D eigenvalue weighted by Crippen LogP contribution is -2.16. The van der Waals surface area contributed by atoms with E-state index in [1.807, 2.05) is 24.3 Å². The van der Waals surface area contributed by atoms with Crippen molar-refractivity contribution >= 4 is 45.1 Å². The number of esters is 1. The summed E-state index contributed by atoms with van der Waals surface area (Å²) in [6.07, 6.45) is 0. The molecule has 4 aromatic rings. The maximum absolute atomic E-state index is 12.2. The number of aromatic nitrogens is 5. The van der Waals surface area contributed by atoms with E-state index < -0.39 is 5.97 Å². The van der Waals surface area contributed by atoms with E-state index in [1.54, 1.807) is 18.3 Å². The van der Waals surface area contributed by atoms with E-state index in [0.29, 0.717) is 11.4 Å². The van der Waals surface area contributed by atoms with Crippen LogP contribution >= 0.6 is 23.1 Å². The van der Waals surface area contributed by atoms with Gasteiger partial charge in [0.05, 0.1) is 22.5 Å². The lowest BCUT2D eigenvalue weighted by atomic mass is 10.3. The van der Waals surface area contributed by atoms with Gasteiger partial charge in [-0.05, 0) is 19.1 Å². The monoisotopic (exact) mass is 387 g/mol. The van der Waals surface area contributed by atoms with Crippen LogP contribution in [0.4, 0.5) is 0 Å². The Morgan fingerprint density at radius 2 is 2.15 bits per heavy atom. The molecule has 0 aliphatic heterocycles. The molecule has 0 aliphatic rings. The van der Waals surface area contributed by atoms with Crippen LogP contribution < -0.4 is 5.56 Å². The number of fused-ring (bicyclic) bond motifs is 2. The Hall–Kier alpha value is -2.72. The average Bonchev–Trinajstić information content (AvgIpc) is 3.24. The number of ether oxygens (including phenoxy) is 1. The Bertz CT molecular complexity index is 1130. The largest absolute Gasteiger partial charge is 0.460 e. The van der Waals surface area contributed by atoms with Crippen molar-refractivity contribution < 1.29 is 9.53 Å². The zero-order valence-electron chi connectivity index (χ0n) is 13.6. The van der Waals surface area contributed by atoms with Gasteiger partial charge in [0.15, 0.2) is 4.34 Å². The second-order valence-electron chi connectivity index (χ2n) is 5.25. The summed E-state index contributed by atoms with van der Waals surface area (Å²) in [6.45, 7) is 1.92. The van der Waals surface area contributed by atoms with E-state index in [9.17, 15) is 9.59 Å². The van der Waals surface area contributed by atoms with Crippen LogP contribution in [0.1, 0.15) is 23.2 Å². The smallest absolute Gasteiger partial charge is 0.375 e. The highest BCUT2D eigenvalue weighted by Gasteiger charge is 2.15. The quantitative estimate of drug-likeness (QED) is 0.414. The molecule has 132 valence electrons. The zero-order valence-corrected chi connectivity index (χ0v) is 15.3. The molecular formula is C16H13N5O3S2. The molecule has 0 saturated carbocycles. The van der Waals surface area contributed by atoms with E-state index in [4.69, 9.17) is 4.74 Å². The zero-order chi connectivity index (χ0) is 18.1. The second-order valence-corrected chi connectivity index (χ2v) is 7.50. The average molecular weight is 387 g/mol. The van der Waals surface area contributed by atoms with E-state index in [1.165, 1.54) is 17.8 Å². The van der Waals surface area contributed by atoms with Gasteiger partial charge in [-0.2, -0.15) is 9.50 Å². The van der Waals surface area contributed by atoms with Crippen LogP contribution in [-0.4, -0.2) is 37.1 Å². The Morgan fingerprint density at radius 1 is 1.31 bits per heavy atom. The van der Waals surface area contributed by atoms with Crippen LogP contribution in [0.5, 0.6) is 0 Å². The minimum Gasteiger partial charge on any atom is -0.460 e. The van der Waals surface area contributed by atoms with Crippen LogP contribution in [-0.2, 0) is 10.5 Å². The maximum Gasteiger partial charge on any atom is 0.375 e. The lowest BCUT2D eigenvalue weighted by molar-refractivity contribution is 0.0512. The lowest BCUT2D eigenvalue weighted by Gasteiger charge is -1.98. The van der Waals surface area contributed by atoms with Crippen LogP contribution in [0.15, 0.2) is 39.5 Å². The van der Waals surface area contributed by atoms with Gasteiger partial charge in [-0.15, -0.1) is 11.3 Å². The van der Waals surface area contributed by atoms with Gasteiger partial charge in [-0.25, -0.2) is 14.8 Å². The molecule has 4 rings (SSSR count). The first-order valence-electron chi connectivity index (χ1n) is 7.78. The molecule has 10 heteroatoms. The number of thioether (sulfide) groups is 1. The van der Waals surface area contributed by atoms with E-state index in [0.717, 1.165) is 19.1 Å². The van der Waals surface area contributed by atoms with E-state index >= 15 is 0 Å². The molecule has 0 aliphatic carbocycles. The fourth-order valence-corrected chi connectivity index (χ4v) is 4.30. The van der Waals surface area contributed by atoms with Crippen molar-refractivity contribution in [3.63, 3.8) is 0 Å². The Kier molecular flexibility index (Phi) is 4.43. The third-order valence-corrected chi connectivity index (χ3v) is 5.68. The summed E-state index contributed by atoms with van der Waals surface area (Å²) in [4.78, 5) is 36.9. The minimum atomic E-state index is -0.622. The summed E-state index contributed by atoms with van der Waals surface area (Å²) >= 11 is 3.10. The molecule has 1 aromatic carbocycles. The number of thiazole rings is 1. The molecule has 0 radical (unpaired) electrons. The molecule has 0 bridgehead atoms. The minimum absolute atomic E-state index is 0.0487. The molecule has 0 unspecified atom stereocenters. The first kappa shape index (κ1) is 16.7. The number of para-hydroxylation sites is 1. The number of H-pyrrole nitrogens is 1. The molecule has 3 heterocycles. The number of aromatic amines is 1. The number of benzene rings is 1. The van der Waals surface area contributed by atoms with Gasteiger partial charge in [-0.3, -0.25) is 9.89 Å². The molecule has 0 saturated heterocycles. The third kappa shape index (κ3) is 3.20. The number of nitrogens with one attached hydrogen (secondary N) is 1. The fraction of sp³-hybridized carbons (Fsp3) is 0.188. The van der Waals surface area contributed by atoms with Crippen molar-refractivity contribution in [2.75, 3.05) is 6.61 Å². The van der Waals surface area contributed by atoms with Crippen molar-refractivity contribution in [2.24, 2.45) is 0 Å². The predicted octanol–water partition coefficient (Wildman–Crippen LogP) is 2.50. The van der Waals surface area contributed by atoms with Crippen molar-refractivity contribution in [1.29, 1.82) is 0 Å². The van der Waals surface area contributed by atoms with Crippen LogP contribution in [0.3, 0.4) is 0 Å². The first-order chi connectivity index (χ1) is 12.6. The molecular weight excluding hydrogens is 374 g/mol. The Labute approximate surface area is 155 Å². The van der Waals surface area contributed by atoms with Gasteiger partial charge in [0.1, 0.15) is 0 Å². The molecule has 26 heavy (non-hydrogen) atoms. The highest BCUT2D eigenvalue weighted by Crippen LogP contribution is 2.30. The van der Waals surface area contributed by atoms with Gasteiger partial charge in [0.2, 0.25) is 5.82 Å². The maximum atomic E-state index is 12.2. The van der Waals surface area contributed by atoms with Crippen molar-refractivity contribution in [2.45, 2.75) is 17.0 Å². The normalized spacial score (nSPS) is 11.3. The van der Waals surface area contributed by atoms with Crippen molar-refractivity contribution in [3.8, 4) is 0 Å². The summed E-state index contributed by atoms with van der Waals surface area (Å²) in [6, 6.07) is 9.33. The van der Waals surface area contributed by atoms with Crippen molar-refractivity contribution in [1.82, 2.24) is 24.6 Å². The summed E-state index contributed by atoms with van der Waals surface area (Å²) in [5.74, 6) is -0.0525. The van der Waals surface area contributed by atoms with Gasteiger partial charge < -0.3 is 4.74 Å². The van der Waals surface area contributed by atoms with Gasteiger partial charge in [0, 0.05) is 11.8 Å². The summed E-state index contributed by atoms with van der Waals surface area (Å²) < 4.78 is 8.02. The summed E-state index contributed by atoms with van der Waals surface area (Å²) in [5.41, 5.74) is 1.19. The molecule has 1 N–H and O–H groups in total. The van der Waals surface area contributed by atoms with Gasteiger partial charge in [-0.1, -0.05) is 23.9 Å². The number of hydrogen-bond acceptors (Lipinski definition) is 8. The standard InChI is InChI=1S/C16H13N5O3S2/c1-2-24-14(23)13-19-15-17-9(7-12(22)21(15)20-13)8-25-16-18-10-5-3-4-6-11(10)26-16/h3-7H,2,8H2,1H3,(H,17,19,20). The summed E-state index contributed by atoms with van der Waals surface area (Å²) in [7, 11) is 0. The van der Waals surface area contributed by atoms with Crippen LogP contribution in [0.25, 0.3) is 16.0 Å². The molecule has 0 amide bonds. The molecule has 0 atom stereocenters. The topological polar surface area (TPSA) is 102 Å². The van der Waals surface area contributed by atoms with E-state index in [2.05, 4.69) is 20.1 Å². The SMILES string of the molecule is CCOC(=O)c1nc2nc(CSc3nc4ccccc4s3)cc(=O)n2[nH]1. The summed E-state index contributed by atoms with van der Waals surface area (Å²) in [5, 5.41) is 2.61. The molecule has 3 aromatic heterocycles. The predicted molar refractivity (Wildman–Crippen MR) is 98.7 cm³/mol. The number of rotatable bonds is 5. The van der Waals surface area contributed by atoms with Gasteiger partial charge >= 0.3 is 5.97 Å². The van der Waals surface area contributed by atoms with Crippen LogP contribution in [0.2, 0.25) is 0 Å². The fourth-order valence-electron chi connectivity index (χ4n) is 2.34. The second kappa shape index (κ2) is 6.89. The Morgan fingerprint density at radius 3 is 2.96 bits per heavy atom. The number of nitrogens with zero attached hydrogens (tertiary/aromatic N) is 4. The highest BCUT2D eigenvalue weighted by atomic mass is 32.2.